The minimum atomic E-state index is -0.320. The van der Waals surface area contributed by atoms with E-state index >= 15 is 0 Å². The first-order valence-electron chi connectivity index (χ1n) is 7.09. The summed E-state index contributed by atoms with van der Waals surface area (Å²) in [4.78, 5) is 4.59. The molecular formula is C17H12BrN5. The van der Waals surface area contributed by atoms with E-state index in [4.69, 9.17) is 5.73 Å². The van der Waals surface area contributed by atoms with Crippen molar-refractivity contribution in [3.05, 3.63) is 70.0 Å². The molecule has 4 rings (SSSR count). The molecule has 1 aliphatic rings. The zero-order valence-corrected chi connectivity index (χ0v) is 13.6. The third-order valence-corrected chi connectivity index (χ3v) is 4.71. The fraction of sp³-hybridized carbons (Fsp3) is 0.0588. The standard InChI is InChI=1S/C17H12BrN5/c18-12-6-2-1-5-10(12)15-11(9-19)16(20)22-17-21-13-7-3-4-8-14(13)23(15)17/h1-8,15H,20H2,(H,21,22). The summed E-state index contributed by atoms with van der Waals surface area (Å²) in [6.45, 7) is 0. The number of nitrogens with zero attached hydrogens (tertiary/aromatic N) is 3. The molecule has 23 heavy (non-hydrogen) atoms. The number of nitrogens with two attached hydrogens (primary N) is 1. The summed E-state index contributed by atoms with van der Waals surface area (Å²) >= 11 is 3.59. The lowest BCUT2D eigenvalue weighted by Gasteiger charge is -2.28. The van der Waals surface area contributed by atoms with Crippen molar-refractivity contribution in [2.75, 3.05) is 5.32 Å². The second-order valence-corrected chi connectivity index (χ2v) is 6.14. The molecule has 1 aromatic heterocycles. The zero-order valence-electron chi connectivity index (χ0n) is 12.0. The smallest absolute Gasteiger partial charge is 0.210 e. The highest BCUT2D eigenvalue weighted by molar-refractivity contribution is 9.10. The first-order valence-corrected chi connectivity index (χ1v) is 7.88. The number of allylic oxidation sites excluding steroid dienone is 1. The van der Waals surface area contributed by atoms with Crippen molar-refractivity contribution >= 4 is 32.9 Å². The summed E-state index contributed by atoms with van der Waals surface area (Å²) in [6, 6.07) is 17.6. The van der Waals surface area contributed by atoms with Gasteiger partial charge in [0.2, 0.25) is 5.95 Å². The fourth-order valence-corrected chi connectivity index (χ4v) is 3.47. The average Bonchev–Trinajstić information content (AvgIpc) is 2.92. The second kappa shape index (κ2) is 5.14. The van der Waals surface area contributed by atoms with Gasteiger partial charge in [-0.05, 0) is 23.8 Å². The number of fused-ring (bicyclic) bond motifs is 3. The van der Waals surface area contributed by atoms with Gasteiger partial charge < -0.3 is 11.1 Å². The molecule has 1 atom stereocenters. The third-order valence-electron chi connectivity index (χ3n) is 3.98. The number of nitriles is 1. The molecule has 0 bridgehead atoms. The van der Waals surface area contributed by atoms with E-state index in [9.17, 15) is 5.26 Å². The van der Waals surface area contributed by atoms with Gasteiger partial charge >= 0.3 is 0 Å². The molecule has 0 saturated heterocycles. The highest BCUT2D eigenvalue weighted by atomic mass is 79.9. The molecule has 1 unspecified atom stereocenters. The van der Waals surface area contributed by atoms with Crippen LogP contribution in [0.25, 0.3) is 11.0 Å². The van der Waals surface area contributed by atoms with Crippen molar-refractivity contribution in [3.63, 3.8) is 0 Å². The van der Waals surface area contributed by atoms with Crippen LogP contribution in [0.15, 0.2) is 64.4 Å². The fourth-order valence-electron chi connectivity index (χ4n) is 2.97. The molecular weight excluding hydrogens is 354 g/mol. The number of hydrogen-bond acceptors (Lipinski definition) is 4. The van der Waals surface area contributed by atoms with Crippen LogP contribution in [0.2, 0.25) is 0 Å². The summed E-state index contributed by atoms with van der Waals surface area (Å²) < 4.78 is 2.95. The number of anilines is 1. The van der Waals surface area contributed by atoms with Gasteiger partial charge in [-0.2, -0.15) is 5.26 Å². The van der Waals surface area contributed by atoms with E-state index in [-0.39, 0.29) is 6.04 Å². The molecule has 0 radical (unpaired) electrons. The van der Waals surface area contributed by atoms with Crippen LogP contribution in [0.5, 0.6) is 0 Å². The van der Waals surface area contributed by atoms with Gasteiger partial charge in [0.25, 0.3) is 0 Å². The van der Waals surface area contributed by atoms with E-state index in [1.807, 2.05) is 53.1 Å². The molecule has 0 amide bonds. The highest BCUT2D eigenvalue weighted by Gasteiger charge is 2.31. The van der Waals surface area contributed by atoms with E-state index in [1.54, 1.807) is 0 Å². The monoisotopic (exact) mass is 365 g/mol. The molecule has 1 aliphatic heterocycles. The molecule has 0 spiro atoms. The van der Waals surface area contributed by atoms with Crippen LogP contribution >= 0.6 is 15.9 Å². The van der Waals surface area contributed by atoms with Crippen LogP contribution in [0.1, 0.15) is 11.6 Å². The summed E-state index contributed by atoms with van der Waals surface area (Å²) in [5, 5.41) is 12.7. The Morgan fingerprint density at radius 3 is 2.70 bits per heavy atom. The Bertz CT molecular complexity index is 996. The van der Waals surface area contributed by atoms with Crippen LogP contribution in [-0.2, 0) is 0 Å². The normalized spacial score (nSPS) is 16.8. The molecule has 2 heterocycles. The lowest BCUT2D eigenvalue weighted by molar-refractivity contribution is 0.678. The Labute approximate surface area is 141 Å². The Morgan fingerprint density at radius 1 is 1.17 bits per heavy atom. The predicted octanol–water partition coefficient (Wildman–Crippen LogP) is 3.51. The summed E-state index contributed by atoms with van der Waals surface area (Å²) in [5.41, 5.74) is 9.35. The van der Waals surface area contributed by atoms with Crippen molar-refractivity contribution in [2.45, 2.75) is 6.04 Å². The Hall–Kier alpha value is -2.78. The molecule has 0 fully saturated rings. The highest BCUT2D eigenvalue weighted by Crippen LogP contribution is 2.39. The lowest BCUT2D eigenvalue weighted by atomic mass is 9.97. The topological polar surface area (TPSA) is 79.7 Å². The molecule has 112 valence electrons. The van der Waals surface area contributed by atoms with E-state index in [0.717, 1.165) is 21.1 Å². The minimum Gasteiger partial charge on any atom is -0.384 e. The maximum Gasteiger partial charge on any atom is 0.210 e. The van der Waals surface area contributed by atoms with Crippen molar-refractivity contribution in [2.24, 2.45) is 5.73 Å². The van der Waals surface area contributed by atoms with E-state index in [0.29, 0.717) is 17.3 Å². The summed E-state index contributed by atoms with van der Waals surface area (Å²) in [6.07, 6.45) is 0. The molecule has 2 aromatic carbocycles. The van der Waals surface area contributed by atoms with Crippen molar-refractivity contribution in [1.29, 1.82) is 5.26 Å². The number of imidazole rings is 1. The van der Waals surface area contributed by atoms with Crippen molar-refractivity contribution in [1.82, 2.24) is 9.55 Å². The molecule has 3 N–H and O–H groups in total. The first kappa shape index (κ1) is 13.9. The molecule has 6 heteroatoms. The Balaban J connectivity index is 2.07. The minimum absolute atomic E-state index is 0.320. The van der Waals surface area contributed by atoms with E-state index in [2.05, 4.69) is 32.3 Å². The number of benzene rings is 2. The molecule has 5 nitrogen and oxygen atoms in total. The summed E-state index contributed by atoms with van der Waals surface area (Å²) in [5.74, 6) is 0.986. The van der Waals surface area contributed by atoms with Gasteiger partial charge in [-0.25, -0.2) is 4.98 Å². The average molecular weight is 366 g/mol. The zero-order chi connectivity index (χ0) is 16.0. The van der Waals surface area contributed by atoms with Gasteiger partial charge in [-0.1, -0.05) is 46.3 Å². The predicted molar refractivity (Wildman–Crippen MR) is 92.5 cm³/mol. The van der Waals surface area contributed by atoms with Crippen molar-refractivity contribution < 1.29 is 0 Å². The van der Waals surface area contributed by atoms with Crippen LogP contribution in [0, 0.1) is 11.3 Å². The van der Waals surface area contributed by atoms with Crippen LogP contribution in [0.3, 0.4) is 0 Å². The van der Waals surface area contributed by atoms with E-state index < -0.39 is 0 Å². The largest absolute Gasteiger partial charge is 0.384 e. The SMILES string of the molecule is N#CC1=C(N)Nc2nc3ccccc3n2C1c1ccccc1Br. The lowest BCUT2D eigenvalue weighted by Crippen LogP contribution is -2.27. The molecule has 0 aliphatic carbocycles. The maximum atomic E-state index is 9.64. The number of para-hydroxylation sites is 2. The van der Waals surface area contributed by atoms with Gasteiger partial charge in [-0.3, -0.25) is 4.57 Å². The Morgan fingerprint density at radius 2 is 1.91 bits per heavy atom. The maximum absolute atomic E-state index is 9.64. The van der Waals surface area contributed by atoms with Crippen LogP contribution in [-0.4, -0.2) is 9.55 Å². The number of halogens is 1. The first-order chi connectivity index (χ1) is 11.2. The van der Waals surface area contributed by atoms with Gasteiger partial charge in [-0.15, -0.1) is 0 Å². The van der Waals surface area contributed by atoms with Crippen LogP contribution < -0.4 is 11.1 Å². The van der Waals surface area contributed by atoms with E-state index in [1.165, 1.54) is 0 Å². The quantitative estimate of drug-likeness (QED) is 0.691. The molecule has 3 aromatic rings. The van der Waals surface area contributed by atoms with Crippen LogP contribution in [0.4, 0.5) is 5.95 Å². The third kappa shape index (κ3) is 2.01. The van der Waals surface area contributed by atoms with Crippen molar-refractivity contribution in [3.8, 4) is 6.07 Å². The summed E-state index contributed by atoms with van der Waals surface area (Å²) in [7, 11) is 0. The number of aromatic nitrogens is 2. The Kier molecular flexibility index (Phi) is 3.10. The number of rotatable bonds is 1. The van der Waals surface area contributed by atoms with Gasteiger partial charge in [0.15, 0.2) is 0 Å². The number of hydrogen-bond donors (Lipinski definition) is 2. The second-order valence-electron chi connectivity index (χ2n) is 5.28. The molecule has 0 saturated carbocycles. The van der Waals surface area contributed by atoms with Gasteiger partial charge in [0.05, 0.1) is 16.6 Å². The van der Waals surface area contributed by atoms with Gasteiger partial charge in [0, 0.05) is 4.47 Å². The van der Waals surface area contributed by atoms with Gasteiger partial charge in [0.1, 0.15) is 17.9 Å². The number of nitrogens with one attached hydrogen (secondary N) is 1.